The summed E-state index contributed by atoms with van der Waals surface area (Å²) in [5.74, 6) is 1.11. The number of nitrogen functional groups attached to an aromatic ring is 1. The molecule has 110 valence electrons. The van der Waals surface area contributed by atoms with E-state index in [-0.39, 0.29) is 11.5 Å². The summed E-state index contributed by atoms with van der Waals surface area (Å²) in [6.45, 7) is 8.83. The van der Waals surface area contributed by atoms with Crippen LogP contribution in [-0.2, 0) is 11.2 Å². The SMILES string of the molecule is CCOC(c1noc(Cc2csc(N)n2)n1)C(C)(C)C. The minimum absolute atomic E-state index is 0.0950. The van der Waals surface area contributed by atoms with Gasteiger partial charge in [0.1, 0.15) is 6.10 Å². The van der Waals surface area contributed by atoms with E-state index in [9.17, 15) is 0 Å². The maximum atomic E-state index is 5.74. The smallest absolute Gasteiger partial charge is 0.232 e. The van der Waals surface area contributed by atoms with Gasteiger partial charge in [-0.1, -0.05) is 25.9 Å². The van der Waals surface area contributed by atoms with Crippen LogP contribution >= 0.6 is 11.3 Å². The minimum atomic E-state index is -0.189. The molecule has 2 rings (SSSR count). The number of ether oxygens (including phenoxy) is 1. The monoisotopic (exact) mass is 296 g/mol. The first kappa shape index (κ1) is 14.9. The molecule has 0 saturated heterocycles. The Morgan fingerprint density at radius 3 is 2.70 bits per heavy atom. The summed E-state index contributed by atoms with van der Waals surface area (Å²) >= 11 is 1.40. The summed E-state index contributed by atoms with van der Waals surface area (Å²) in [6, 6.07) is 0. The molecular weight excluding hydrogens is 276 g/mol. The van der Waals surface area contributed by atoms with Crippen molar-refractivity contribution in [2.75, 3.05) is 12.3 Å². The zero-order valence-corrected chi connectivity index (χ0v) is 13.0. The highest BCUT2D eigenvalue weighted by Gasteiger charge is 2.31. The lowest BCUT2D eigenvalue weighted by atomic mass is 9.88. The summed E-state index contributed by atoms with van der Waals surface area (Å²) in [5, 5.41) is 6.47. The van der Waals surface area contributed by atoms with Crippen molar-refractivity contribution in [3.8, 4) is 0 Å². The number of nitrogens with zero attached hydrogens (tertiary/aromatic N) is 3. The Labute approximate surface area is 122 Å². The molecule has 2 heterocycles. The van der Waals surface area contributed by atoms with Gasteiger partial charge in [-0.2, -0.15) is 4.98 Å². The Hall–Kier alpha value is -1.47. The lowest BCUT2D eigenvalue weighted by molar-refractivity contribution is -0.0203. The molecule has 0 spiro atoms. The fraction of sp³-hybridized carbons (Fsp3) is 0.615. The van der Waals surface area contributed by atoms with E-state index in [0.29, 0.717) is 29.9 Å². The Balaban J connectivity index is 2.14. The average Bonchev–Trinajstić information content (AvgIpc) is 2.95. The van der Waals surface area contributed by atoms with Crippen molar-refractivity contribution in [2.45, 2.75) is 40.2 Å². The van der Waals surface area contributed by atoms with Crippen LogP contribution in [0.4, 0.5) is 5.13 Å². The van der Waals surface area contributed by atoms with Crippen LogP contribution in [0.2, 0.25) is 0 Å². The minimum Gasteiger partial charge on any atom is -0.375 e. The molecule has 0 bridgehead atoms. The van der Waals surface area contributed by atoms with Gasteiger partial charge in [-0.15, -0.1) is 11.3 Å². The summed E-state index contributed by atoms with van der Waals surface area (Å²) in [6.07, 6.45) is 0.300. The fourth-order valence-electron chi connectivity index (χ4n) is 1.88. The molecule has 0 aromatic carbocycles. The van der Waals surface area contributed by atoms with Gasteiger partial charge in [0.25, 0.3) is 0 Å². The third kappa shape index (κ3) is 3.55. The summed E-state index contributed by atoms with van der Waals surface area (Å²) in [5.41, 5.74) is 6.35. The molecule has 2 aromatic heterocycles. The van der Waals surface area contributed by atoms with E-state index in [1.165, 1.54) is 11.3 Å². The molecule has 0 aliphatic heterocycles. The van der Waals surface area contributed by atoms with Gasteiger partial charge in [0, 0.05) is 12.0 Å². The second-order valence-corrected chi connectivity index (χ2v) is 6.49. The van der Waals surface area contributed by atoms with E-state index in [1.807, 2.05) is 12.3 Å². The lowest BCUT2D eigenvalue weighted by Gasteiger charge is -2.27. The van der Waals surface area contributed by atoms with Crippen molar-refractivity contribution in [3.63, 3.8) is 0 Å². The largest absolute Gasteiger partial charge is 0.375 e. The summed E-state index contributed by atoms with van der Waals surface area (Å²) < 4.78 is 11.0. The van der Waals surface area contributed by atoms with Crippen LogP contribution in [-0.4, -0.2) is 21.7 Å². The van der Waals surface area contributed by atoms with Gasteiger partial charge < -0.3 is 15.0 Å². The predicted octanol–water partition coefficient (Wildman–Crippen LogP) is 2.82. The topological polar surface area (TPSA) is 87.1 Å². The first-order valence-corrected chi connectivity index (χ1v) is 7.42. The van der Waals surface area contributed by atoms with Crippen molar-refractivity contribution >= 4 is 16.5 Å². The van der Waals surface area contributed by atoms with Crippen LogP contribution < -0.4 is 5.73 Å². The number of nitrogens with two attached hydrogens (primary N) is 1. The van der Waals surface area contributed by atoms with Crippen molar-refractivity contribution < 1.29 is 9.26 Å². The van der Waals surface area contributed by atoms with Gasteiger partial charge in [-0.05, 0) is 12.3 Å². The molecule has 0 aliphatic rings. The fourth-order valence-corrected chi connectivity index (χ4v) is 2.45. The molecule has 6 nitrogen and oxygen atoms in total. The van der Waals surface area contributed by atoms with Gasteiger partial charge in [-0.3, -0.25) is 0 Å². The molecule has 1 unspecified atom stereocenters. The van der Waals surface area contributed by atoms with Gasteiger partial charge in [0.05, 0.1) is 12.1 Å². The Morgan fingerprint density at radius 1 is 1.40 bits per heavy atom. The Morgan fingerprint density at radius 2 is 2.15 bits per heavy atom. The maximum Gasteiger partial charge on any atom is 0.232 e. The number of thiazole rings is 1. The summed E-state index contributed by atoms with van der Waals surface area (Å²) in [4.78, 5) is 8.60. The van der Waals surface area contributed by atoms with Crippen LogP contribution in [0.3, 0.4) is 0 Å². The van der Waals surface area contributed by atoms with Gasteiger partial charge in [0.15, 0.2) is 5.13 Å². The second-order valence-electron chi connectivity index (χ2n) is 5.60. The number of hydrogen-bond acceptors (Lipinski definition) is 7. The number of anilines is 1. The maximum absolute atomic E-state index is 5.74. The van der Waals surface area contributed by atoms with Crippen molar-refractivity contribution in [2.24, 2.45) is 5.41 Å². The molecule has 0 fully saturated rings. The predicted molar refractivity (Wildman–Crippen MR) is 77.5 cm³/mol. The van der Waals surface area contributed by atoms with E-state index in [2.05, 4.69) is 35.9 Å². The van der Waals surface area contributed by atoms with Crippen LogP contribution in [0.15, 0.2) is 9.90 Å². The molecule has 20 heavy (non-hydrogen) atoms. The third-order valence-corrected chi connectivity index (χ3v) is 3.46. The molecule has 0 amide bonds. The average molecular weight is 296 g/mol. The lowest BCUT2D eigenvalue weighted by Crippen LogP contribution is -2.22. The van der Waals surface area contributed by atoms with Crippen LogP contribution in [0.25, 0.3) is 0 Å². The van der Waals surface area contributed by atoms with Crippen molar-refractivity contribution in [3.05, 3.63) is 22.8 Å². The zero-order chi connectivity index (χ0) is 14.8. The Bertz CT molecular complexity index is 559. The molecule has 0 saturated carbocycles. The van der Waals surface area contributed by atoms with E-state index >= 15 is 0 Å². The van der Waals surface area contributed by atoms with Crippen LogP contribution in [0.1, 0.15) is 51.2 Å². The van der Waals surface area contributed by atoms with Crippen molar-refractivity contribution in [1.29, 1.82) is 0 Å². The highest BCUT2D eigenvalue weighted by Crippen LogP contribution is 2.34. The van der Waals surface area contributed by atoms with Crippen molar-refractivity contribution in [1.82, 2.24) is 15.1 Å². The van der Waals surface area contributed by atoms with E-state index in [0.717, 1.165) is 5.69 Å². The highest BCUT2D eigenvalue weighted by molar-refractivity contribution is 7.13. The molecule has 1 atom stereocenters. The quantitative estimate of drug-likeness (QED) is 0.913. The normalized spacial score (nSPS) is 13.6. The second kappa shape index (κ2) is 5.88. The molecule has 7 heteroatoms. The highest BCUT2D eigenvalue weighted by atomic mass is 32.1. The van der Waals surface area contributed by atoms with Gasteiger partial charge in [0.2, 0.25) is 11.7 Å². The van der Waals surface area contributed by atoms with Crippen LogP contribution in [0.5, 0.6) is 0 Å². The number of hydrogen-bond donors (Lipinski definition) is 1. The summed E-state index contributed by atoms with van der Waals surface area (Å²) in [7, 11) is 0. The van der Waals surface area contributed by atoms with Gasteiger partial charge >= 0.3 is 0 Å². The standard InChI is InChI=1S/C13H20N4O2S/c1-5-18-10(13(2,3)4)11-16-9(19-17-11)6-8-7-20-12(14)15-8/h7,10H,5-6H2,1-4H3,(H2,14,15). The third-order valence-electron chi connectivity index (χ3n) is 2.74. The Kier molecular flexibility index (Phi) is 4.39. The van der Waals surface area contributed by atoms with E-state index in [1.54, 1.807) is 0 Å². The molecule has 2 N–H and O–H groups in total. The number of rotatable bonds is 5. The van der Waals surface area contributed by atoms with Crippen LogP contribution in [0, 0.1) is 5.41 Å². The number of aromatic nitrogens is 3. The first-order valence-electron chi connectivity index (χ1n) is 6.54. The first-order chi connectivity index (χ1) is 9.40. The van der Waals surface area contributed by atoms with Gasteiger partial charge in [-0.25, -0.2) is 4.98 Å². The molecule has 0 radical (unpaired) electrons. The molecule has 2 aromatic rings. The molecular formula is C13H20N4O2S. The van der Waals surface area contributed by atoms with E-state index < -0.39 is 0 Å². The zero-order valence-electron chi connectivity index (χ0n) is 12.2. The van der Waals surface area contributed by atoms with E-state index in [4.69, 9.17) is 15.0 Å². The molecule has 0 aliphatic carbocycles.